The molecule has 3 nitrogen and oxygen atoms in total. The zero-order valence-electron chi connectivity index (χ0n) is 13.2. The molecule has 0 spiro atoms. The van der Waals surface area contributed by atoms with Crippen LogP contribution in [0.25, 0.3) is 0 Å². The first-order valence-corrected chi connectivity index (χ1v) is 7.61. The number of fused-ring (bicyclic) bond motifs is 1. The lowest BCUT2D eigenvalue weighted by atomic mass is 9.89. The molecule has 22 heavy (non-hydrogen) atoms. The molecule has 114 valence electrons. The van der Waals surface area contributed by atoms with Crippen molar-refractivity contribution in [2.45, 2.75) is 38.8 Å². The molecular formula is C19H21NO2. The smallest absolute Gasteiger partial charge is 0.252 e. The molecule has 1 amide bonds. The van der Waals surface area contributed by atoms with Crippen molar-refractivity contribution in [1.82, 2.24) is 5.32 Å². The van der Waals surface area contributed by atoms with Crippen molar-refractivity contribution in [3.8, 4) is 5.75 Å². The zero-order chi connectivity index (χ0) is 15.7. The molecule has 0 aliphatic carbocycles. The van der Waals surface area contributed by atoms with Crippen LogP contribution in [-0.2, 0) is 0 Å². The van der Waals surface area contributed by atoms with E-state index in [-0.39, 0.29) is 17.6 Å². The fourth-order valence-electron chi connectivity index (χ4n) is 2.99. The number of hydrogen-bond acceptors (Lipinski definition) is 2. The second-order valence-electron chi connectivity index (χ2n) is 6.44. The maximum Gasteiger partial charge on any atom is 0.252 e. The zero-order valence-corrected chi connectivity index (χ0v) is 13.2. The first-order valence-electron chi connectivity index (χ1n) is 7.61. The highest BCUT2D eigenvalue weighted by Crippen LogP contribution is 2.39. The first kappa shape index (κ1) is 14.6. The Morgan fingerprint density at radius 1 is 1.14 bits per heavy atom. The van der Waals surface area contributed by atoms with E-state index in [1.165, 1.54) is 0 Å². The summed E-state index contributed by atoms with van der Waals surface area (Å²) in [5.41, 5.74) is 2.46. The van der Waals surface area contributed by atoms with Gasteiger partial charge in [-0.05, 0) is 38.5 Å². The van der Waals surface area contributed by atoms with Crippen LogP contribution in [0.1, 0.15) is 47.8 Å². The SMILES string of the molecule is Cc1ccccc1C(=O)N[C@@H]1CC(C)(C)Oc2ccccc21. The van der Waals surface area contributed by atoms with E-state index in [9.17, 15) is 4.79 Å². The highest BCUT2D eigenvalue weighted by Gasteiger charge is 2.34. The minimum Gasteiger partial charge on any atom is -0.487 e. The van der Waals surface area contributed by atoms with Gasteiger partial charge >= 0.3 is 0 Å². The third-order valence-electron chi connectivity index (χ3n) is 4.07. The van der Waals surface area contributed by atoms with Crippen LogP contribution in [-0.4, -0.2) is 11.5 Å². The standard InChI is InChI=1S/C19H21NO2/c1-13-8-4-5-9-14(13)18(21)20-16-12-19(2,3)22-17-11-7-6-10-15(16)17/h4-11,16H,12H2,1-3H3,(H,20,21)/t16-/m1/s1. The molecule has 0 unspecified atom stereocenters. The number of amides is 1. The molecule has 0 aromatic heterocycles. The molecule has 2 aromatic rings. The summed E-state index contributed by atoms with van der Waals surface area (Å²) in [6, 6.07) is 15.5. The van der Waals surface area contributed by atoms with Crippen molar-refractivity contribution in [3.63, 3.8) is 0 Å². The number of hydrogen-bond donors (Lipinski definition) is 1. The minimum absolute atomic E-state index is 0.0318. The summed E-state index contributed by atoms with van der Waals surface area (Å²) < 4.78 is 6.01. The molecule has 0 saturated carbocycles. The molecular weight excluding hydrogens is 274 g/mol. The summed E-state index contributed by atoms with van der Waals surface area (Å²) >= 11 is 0. The van der Waals surface area contributed by atoms with Crippen LogP contribution in [0.5, 0.6) is 5.75 Å². The second kappa shape index (κ2) is 5.48. The van der Waals surface area contributed by atoms with Crippen LogP contribution in [0, 0.1) is 6.92 Å². The van der Waals surface area contributed by atoms with Gasteiger partial charge in [0.05, 0.1) is 6.04 Å². The molecule has 1 N–H and O–H groups in total. The molecule has 0 bridgehead atoms. The van der Waals surface area contributed by atoms with E-state index in [0.29, 0.717) is 0 Å². The maximum absolute atomic E-state index is 12.6. The van der Waals surface area contributed by atoms with Crippen molar-refractivity contribution in [3.05, 3.63) is 65.2 Å². The Balaban J connectivity index is 1.89. The third kappa shape index (κ3) is 2.84. The summed E-state index contributed by atoms with van der Waals surface area (Å²) in [6.45, 7) is 6.06. The predicted molar refractivity (Wildman–Crippen MR) is 87.2 cm³/mol. The number of aryl methyl sites for hydroxylation is 1. The van der Waals surface area contributed by atoms with Gasteiger partial charge in [0.1, 0.15) is 11.4 Å². The van der Waals surface area contributed by atoms with Crippen LogP contribution >= 0.6 is 0 Å². The van der Waals surface area contributed by atoms with E-state index in [1.54, 1.807) is 0 Å². The summed E-state index contributed by atoms with van der Waals surface area (Å²) in [7, 11) is 0. The summed E-state index contributed by atoms with van der Waals surface area (Å²) in [5.74, 6) is 0.824. The number of nitrogens with one attached hydrogen (secondary N) is 1. The highest BCUT2D eigenvalue weighted by molar-refractivity contribution is 5.95. The van der Waals surface area contributed by atoms with Gasteiger partial charge in [-0.15, -0.1) is 0 Å². The van der Waals surface area contributed by atoms with Crippen molar-refractivity contribution in [1.29, 1.82) is 0 Å². The molecule has 3 rings (SSSR count). The summed E-state index contributed by atoms with van der Waals surface area (Å²) in [5, 5.41) is 3.17. The van der Waals surface area contributed by atoms with Gasteiger partial charge in [-0.2, -0.15) is 0 Å². The Kier molecular flexibility index (Phi) is 3.65. The van der Waals surface area contributed by atoms with Crippen LogP contribution in [0.3, 0.4) is 0 Å². The van der Waals surface area contributed by atoms with Gasteiger partial charge in [-0.3, -0.25) is 4.79 Å². The Morgan fingerprint density at radius 3 is 2.59 bits per heavy atom. The Hall–Kier alpha value is -2.29. The summed E-state index contributed by atoms with van der Waals surface area (Å²) in [4.78, 5) is 12.6. The van der Waals surface area contributed by atoms with E-state index in [2.05, 4.69) is 19.2 Å². The number of carbonyl (C=O) groups excluding carboxylic acids is 1. The van der Waals surface area contributed by atoms with Crippen molar-refractivity contribution >= 4 is 5.91 Å². The van der Waals surface area contributed by atoms with Gasteiger partial charge in [0, 0.05) is 17.5 Å². The highest BCUT2D eigenvalue weighted by atomic mass is 16.5. The van der Waals surface area contributed by atoms with E-state index in [4.69, 9.17) is 4.74 Å². The Labute approximate surface area is 131 Å². The quantitative estimate of drug-likeness (QED) is 0.908. The lowest BCUT2D eigenvalue weighted by Crippen LogP contribution is -2.41. The van der Waals surface area contributed by atoms with Crippen LogP contribution in [0.4, 0.5) is 0 Å². The molecule has 1 aliphatic rings. The largest absolute Gasteiger partial charge is 0.487 e. The number of rotatable bonds is 2. The molecule has 1 aliphatic heterocycles. The lowest BCUT2D eigenvalue weighted by molar-refractivity contribution is 0.0619. The molecule has 0 fully saturated rings. The van der Waals surface area contributed by atoms with Crippen LogP contribution in [0.2, 0.25) is 0 Å². The van der Waals surface area contributed by atoms with Gasteiger partial charge in [-0.1, -0.05) is 36.4 Å². The minimum atomic E-state index is -0.294. The average molecular weight is 295 g/mol. The van der Waals surface area contributed by atoms with Crippen LogP contribution in [0.15, 0.2) is 48.5 Å². The van der Waals surface area contributed by atoms with E-state index in [1.807, 2.05) is 55.5 Å². The van der Waals surface area contributed by atoms with Gasteiger partial charge in [0.15, 0.2) is 0 Å². The number of ether oxygens (including phenoxy) is 1. The van der Waals surface area contributed by atoms with Crippen molar-refractivity contribution in [2.75, 3.05) is 0 Å². The number of benzene rings is 2. The van der Waals surface area contributed by atoms with E-state index in [0.717, 1.165) is 28.9 Å². The monoisotopic (exact) mass is 295 g/mol. The molecule has 0 radical (unpaired) electrons. The molecule has 0 saturated heterocycles. The van der Waals surface area contributed by atoms with Crippen molar-refractivity contribution in [2.24, 2.45) is 0 Å². The van der Waals surface area contributed by atoms with Gasteiger partial charge in [0.2, 0.25) is 0 Å². The van der Waals surface area contributed by atoms with E-state index < -0.39 is 0 Å². The molecule has 1 heterocycles. The van der Waals surface area contributed by atoms with Gasteiger partial charge < -0.3 is 10.1 Å². The van der Waals surface area contributed by atoms with E-state index >= 15 is 0 Å². The third-order valence-corrected chi connectivity index (χ3v) is 4.07. The fourth-order valence-corrected chi connectivity index (χ4v) is 2.99. The Bertz CT molecular complexity index is 706. The van der Waals surface area contributed by atoms with Crippen molar-refractivity contribution < 1.29 is 9.53 Å². The van der Waals surface area contributed by atoms with Crippen LogP contribution < -0.4 is 10.1 Å². The molecule has 3 heteroatoms. The maximum atomic E-state index is 12.6. The first-order chi connectivity index (χ1) is 10.5. The van der Waals surface area contributed by atoms with Gasteiger partial charge in [0.25, 0.3) is 5.91 Å². The second-order valence-corrected chi connectivity index (χ2v) is 6.44. The average Bonchev–Trinajstić information content (AvgIpc) is 2.46. The Morgan fingerprint density at radius 2 is 1.82 bits per heavy atom. The normalized spacial score (nSPS) is 19.0. The molecule has 2 aromatic carbocycles. The lowest BCUT2D eigenvalue weighted by Gasteiger charge is -2.37. The van der Waals surface area contributed by atoms with Gasteiger partial charge in [-0.25, -0.2) is 0 Å². The topological polar surface area (TPSA) is 38.3 Å². The molecule has 1 atom stereocenters. The number of para-hydroxylation sites is 1. The predicted octanol–water partition coefficient (Wildman–Crippen LogP) is 4.03. The number of carbonyl (C=O) groups is 1. The fraction of sp³-hybridized carbons (Fsp3) is 0.316. The summed E-state index contributed by atoms with van der Waals surface area (Å²) in [6.07, 6.45) is 0.752.